The van der Waals surface area contributed by atoms with Crippen LogP contribution in [0.3, 0.4) is 0 Å². The van der Waals surface area contributed by atoms with Gasteiger partial charge in [0.1, 0.15) is 24.6 Å². The minimum absolute atomic E-state index is 0.0825. The molecule has 6 nitrogen and oxygen atoms in total. The lowest BCUT2D eigenvalue weighted by Gasteiger charge is -2.19. The number of ether oxygens (including phenoxy) is 1. The van der Waals surface area contributed by atoms with Gasteiger partial charge in [-0.15, -0.1) is 0 Å². The number of aliphatic hydroxyl groups is 3. The van der Waals surface area contributed by atoms with Gasteiger partial charge in [0.15, 0.2) is 0 Å². The highest BCUT2D eigenvalue weighted by Crippen LogP contribution is 2.20. The zero-order valence-electron chi connectivity index (χ0n) is 13.4. The van der Waals surface area contributed by atoms with E-state index in [-0.39, 0.29) is 24.3 Å². The van der Waals surface area contributed by atoms with E-state index in [0.29, 0.717) is 0 Å². The Kier molecular flexibility index (Phi) is 6.88. The SMILES string of the molecule is O=C(NCC(O)C(O)c1ccc(CO)c(F)c1)OCc1ccccc1. The molecule has 0 saturated carbocycles. The van der Waals surface area contributed by atoms with Crippen molar-refractivity contribution in [2.45, 2.75) is 25.4 Å². The van der Waals surface area contributed by atoms with Crippen LogP contribution < -0.4 is 5.32 Å². The standard InChI is InChI=1S/C18H20FNO5/c19-15-8-13(6-7-14(15)10-21)17(23)16(22)9-20-18(24)25-11-12-4-2-1-3-5-12/h1-8,16-17,21-23H,9-11H2,(H,20,24). The van der Waals surface area contributed by atoms with Gasteiger partial charge in [0.25, 0.3) is 0 Å². The molecule has 1 amide bonds. The van der Waals surface area contributed by atoms with Crippen LogP contribution in [0.15, 0.2) is 48.5 Å². The number of rotatable bonds is 7. The third-order valence-corrected chi connectivity index (χ3v) is 3.62. The molecule has 0 aliphatic rings. The van der Waals surface area contributed by atoms with Crippen LogP contribution in [0.4, 0.5) is 9.18 Å². The van der Waals surface area contributed by atoms with Crippen molar-refractivity contribution in [3.05, 3.63) is 71.0 Å². The normalized spacial score (nSPS) is 13.1. The number of amides is 1. The van der Waals surface area contributed by atoms with E-state index in [1.807, 2.05) is 18.2 Å². The molecule has 0 aliphatic carbocycles. The average molecular weight is 349 g/mol. The zero-order chi connectivity index (χ0) is 18.2. The van der Waals surface area contributed by atoms with Crippen molar-refractivity contribution in [1.29, 1.82) is 0 Å². The van der Waals surface area contributed by atoms with E-state index in [0.717, 1.165) is 11.6 Å². The van der Waals surface area contributed by atoms with Gasteiger partial charge in [0.05, 0.1) is 6.61 Å². The number of alkyl carbamates (subject to hydrolysis) is 1. The summed E-state index contributed by atoms with van der Waals surface area (Å²) in [6.07, 6.45) is -3.47. The van der Waals surface area contributed by atoms with E-state index in [1.165, 1.54) is 12.1 Å². The minimum atomic E-state index is -1.39. The molecule has 2 aromatic carbocycles. The predicted molar refractivity (Wildman–Crippen MR) is 87.9 cm³/mol. The number of aliphatic hydroxyl groups excluding tert-OH is 3. The van der Waals surface area contributed by atoms with Crippen LogP contribution in [0.5, 0.6) is 0 Å². The molecule has 25 heavy (non-hydrogen) atoms. The predicted octanol–water partition coefficient (Wildman–Crippen LogP) is 1.64. The van der Waals surface area contributed by atoms with Gasteiger partial charge in [0, 0.05) is 12.1 Å². The van der Waals surface area contributed by atoms with E-state index in [2.05, 4.69) is 5.32 Å². The molecule has 0 spiro atoms. The summed E-state index contributed by atoms with van der Waals surface area (Å²) in [5.74, 6) is -0.679. The molecule has 0 fully saturated rings. The van der Waals surface area contributed by atoms with Crippen LogP contribution in [0.25, 0.3) is 0 Å². The fraction of sp³-hybridized carbons (Fsp3) is 0.278. The Morgan fingerprint density at radius 1 is 1.16 bits per heavy atom. The monoisotopic (exact) mass is 349 g/mol. The highest BCUT2D eigenvalue weighted by atomic mass is 19.1. The molecule has 0 aromatic heterocycles. The second-order valence-corrected chi connectivity index (χ2v) is 5.46. The number of halogens is 1. The number of hydrogen-bond acceptors (Lipinski definition) is 5. The van der Waals surface area contributed by atoms with E-state index in [1.54, 1.807) is 12.1 Å². The summed E-state index contributed by atoms with van der Waals surface area (Å²) in [6, 6.07) is 12.8. The summed E-state index contributed by atoms with van der Waals surface area (Å²) in [5, 5.41) is 31.2. The van der Waals surface area contributed by atoms with Gasteiger partial charge in [-0.05, 0) is 17.2 Å². The summed E-state index contributed by atoms with van der Waals surface area (Å²) in [7, 11) is 0. The van der Waals surface area contributed by atoms with Crippen LogP contribution in [-0.2, 0) is 18.0 Å². The summed E-state index contributed by atoms with van der Waals surface area (Å²) >= 11 is 0. The van der Waals surface area contributed by atoms with E-state index >= 15 is 0 Å². The van der Waals surface area contributed by atoms with Crippen LogP contribution in [0, 0.1) is 5.82 Å². The molecule has 2 aromatic rings. The fourth-order valence-electron chi connectivity index (χ4n) is 2.17. The second kappa shape index (κ2) is 9.12. The van der Waals surface area contributed by atoms with Crippen molar-refractivity contribution in [3.63, 3.8) is 0 Å². The Morgan fingerprint density at radius 3 is 2.52 bits per heavy atom. The Morgan fingerprint density at radius 2 is 1.88 bits per heavy atom. The summed E-state index contributed by atoms with van der Waals surface area (Å²) < 4.78 is 18.6. The zero-order valence-corrected chi connectivity index (χ0v) is 13.4. The van der Waals surface area contributed by atoms with E-state index in [4.69, 9.17) is 9.84 Å². The van der Waals surface area contributed by atoms with Crippen LogP contribution in [0.2, 0.25) is 0 Å². The molecule has 2 rings (SSSR count). The van der Waals surface area contributed by atoms with Crippen LogP contribution in [0.1, 0.15) is 22.8 Å². The molecular weight excluding hydrogens is 329 g/mol. The first-order chi connectivity index (χ1) is 12.0. The molecule has 134 valence electrons. The number of benzene rings is 2. The molecule has 2 unspecified atom stereocenters. The lowest BCUT2D eigenvalue weighted by molar-refractivity contribution is 0.0182. The molecule has 4 N–H and O–H groups in total. The Labute approximate surface area is 144 Å². The smallest absolute Gasteiger partial charge is 0.407 e. The van der Waals surface area contributed by atoms with Crippen LogP contribution >= 0.6 is 0 Å². The third kappa shape index (κ3) is 5.53. The Bertz CT molecular complexity index is 695. The van der Waals surface area contributed by atoms with Gasteiger partial charge in [-0.1, -0.05) is 42.5 Å². The topological polar surface area (TPSA) is 99.0 Å². The number of nitrogens with one attached hydrogen (secondary N) is 1. The summed E-state index contributed by atoms with van der Waals surface area (Å²) in [5.41, 5.74) is 1.05. The molecule has 0 saturated heterocycles. The van der Waals surface area contributed by atoms with Gasteiger partial charge < -0.3 is 25.4 Å². The van der Waals surface area contributed by atoms with Gasteiger partial charge >= 0.3 is 6.09 Å². The van der Waals surface area contributed by atoms with Crippen LogP contribution in [-0.4, -0.2) is 34.1 Å². The van der Waals surface area contributed by atoms with Gasteiger partial charge in [-0.3, -0.25) is 0 Å². The lowest BCUT2D eigenvalue weighted by Crippen LogP contribution is -2.35. The fourth-order valence-corrected chi connectivity index (χ4v) is 2.17. The van der Waals surface area contributed by atoms with E-state index < -0.39 is 30.7 Å². The Balaban J connectivity index is 1.81. The molecule has 2 atom stereocenters. The largest absolute Gasteiger partial charge is 0.445 e. The molecule has 7 heteroatoms. The van der Waals surface area contributed by atoms with Gasteiger partial charge in [-0.25, -0.2) is 9.18 Å². The van der Waals surface area contributed by atoms with Crippen molar-refractivity contribution in [3.8, 4) is 0 Å². The molecule has 0 bridgehead atoms. The number of carbonyl (C=O) groups excluding carboxylic acids is 1. The van der Waals surface area contributed by atoms with Crippen molar-refractivity contribution in [2.24, 2.45) is 0 Å². The van der Waals surface area contributed by atoms with Gasteiger partial charge in [0.2, 0.25) is 0 Å². The highest BCUT2D eigenvalue weighted by molar-refractivity contribution is 5.67. The van der Waals surface area contributed by atoms with E-state index in [9.17, 15) is 19.4 Å². The summed E-state index contributed by atoms with van der Waals surface area (Å²) in [6.45, 7) is -0.642. The molecule has 0 heterocycles. The van der Waals surface area contributed by atoms with Crippen molar-refractivity contribution in [2.75, 3.05) is 6.54 Å². The lowest BCUT2D eigenvalue weighted by atomic mass is 10.0. The first-order valence-corrected chi connectivity index (χ1v) is 7.71. The maximum atomic E-state index is 13.6. The first-order valence-electron chi connectivity index (χ1n) is 7.71. The quantitative estimate of drug-likeness (QED) is 0.609. The number of hydrogen-bond donors (Lipinski definition) is 4. The maximum Gasteiger partial charge on any atom is 0.407 e. The van der Waals surface area contributed by atoms with Gasteiger partial charge in [-0.2, -0.15) is 0 Å². The third-order valence-electron chi connectivity index (χ3n) is 3.62. The highest BCUT2D eigenvalue weighted by Gasteiger charge is 2.20. The van der Waals surface area contributed by atoms with Crippen molar-refractivity contribution < 1.29 is 29.2 Å². The average Bonchev–Trinajstić information content (AvgIpc) is 2.64. The van der Waals surface area contributed by atoms with Crippen molar-refractivity contribution >= 4 is 6.09 Å². The Hall–Kier alpha value is -2.48. The maximum absolute atomic E-state index is 13.6. The first kappa shape index (κ1) is 18.9. The molecule has 0 aliphatic heterocycles. The van der Waals surface area contributed by atoms with Crippen molar-refractivity contribution in [1.82, 2.24) is 5.32 Å². The minimum Gasteiger partial charge on any atom is -0.445 e. The number of carbonyl (C=O) groups is 1. The second-order valence-electron chi connectivity index (χ2n) is 5.46. The summed E-state index contributed by atoms with van der Waals surface area (Å²) in [4.78, 5) is 11.6. The molecular formula is C18H20FNO5. The molecule has 0 radical (unpaired) electrons.